The van der Waals surface area contributed by atoms with Crippen LogP contribution in [0.2, 0.25) is 0 Å². The molecule has 1 aromatic rings. The van der Waals surface area contributed by atoms with Crippen molar-refractivity contribution >= 4 is 5.91 Å². The van der Waals surface area contributed by atoms with Crippen LogP contribution in [0, 0.1) is 0 Å². The van der Waals surface area contributed by atoms with Gasteiger partial charge in [-0.25, -0.2) is 0 Å². The van der Waals surface area contributed by atoms with Crippen LogP contribution in [-0.2, 0) is 11.2 Å². The van der Waals surface area contributed by atoms with Gasteiger partial charge < -0.3 is 11.1 Å². The van der Waals surface area contributed by atoms with Gasteiger partial charge >= 0.3 is 0 Å². The number of hydrogen-bond donors (Lipinski definition) is 2. The van der Waals surface area contributed by atoms with Crippen LogP contribution in [0.5, 0.6) is 0 Å². The number of amides is 1. The van der Waals surface area contributed by atoms with Crippen LogP contribution in [0.25, 0.3) is 0 Å². The molecule has 0 unspecified atom stereocenters. The van der Waals surface area contributed by atoms with Crippen LogP contribution in [0.4, 0.5) is 0 Å². The number of nitrogens with zero attached hydrogens (tertiary/aromatic N) is 1. The van der Waals surface area contributed by atoms with Crippen molar-refractivity contribution in [1.82, 2.24) is 10.3 Å². The third-order valence-corrected chi connectivity index (χ3v) is 2.27. The minimum atomic E-state index is 0.0893. The maximum absolute atomic E-state index is 11.2. The van der Waals surface area contributed by atoms with Gasteiger partial charge in [-0.1, -0.05) is 6.07 Å². The van der Waals surface area contributed by atoms with Crippen LogP contribution < -0.4 is 11.1 Å². The van der Waals surface area contributed by atoms with E-state index in [4.69, 9.17) is 5.73 Å². The fraction of sp³-hybridized carbons (Fsp3) is 0.500. The Balaban J connectivity index is 2.06. The smallest absolute Gasteiger partial charge is 0.220 e. The van der Waals surface area contributed by atoms with Crippen molar-refractivity contribution in [3.05, 3.63) is 30.1 Å². The molecular weight excluding hydrogens is 202 g/mol. The highest BCUT2D eigenvalue weighted by Crippen LogP contribution is 1.97. The second-order valence-electron chi connectivity index (χ2n) is 3.67. The van der Waals surface area contributed by atoms with Gasteiger partial charge in [0.25, 0.3) is 0 Å². The summed E-state index contributed by atoms with van der Waals surface area (Å²) in [4.78, 5) is 15.4. The van der Waals surface area contributed by atoms with Crippen molar-refractivity contribution in [2.45, 2.75) is 25.7 Å². The van der Waals surface area contributed by atoms with Crippen molar-refractivity contribution in [2.24, 2.45) is 5.73 Å². The van der Waals surface area contributed by atoms with E-state index in [-0.39, 0.29) is 5.91 Å². The third kappa shape index (κ3) is 5.46. The van der Waals surface area contributed by atoms with Crippen molar-refractivity contribution in [1.29, 1.82) is 0 Å². The summed E-state index contributed by atoms with van der Waals surface area (Å²) in [6, 6.07) is 5.87. The molecule has 0 saturated heterocycles. The van der Waals surface area contributed by atoms with E-state index in [1.807, 2.05) is 18.2 Å². The number of aryl methyl sites for hydroxylation is 1. The second-order valence-corrected chi connectivity index (χ2v) is 3.67. The minimum Gasteiger partial charge on any atom is -0.356 e. The summed E-state index contributed by atoms with van der Waals surface area (Å²) >= 11 is 0. The molecule has 1 amide bonds. The van der Waals surface area contributed by atoms with Gasteiger partial charge in [-0.15, -0.1) is 0 Å². The number of hydrogen-bond acceptors (Lipinski definition) is 3. The number of aromatic nitrogens is 1. The zero-order valence-electron chi connectivity index (χ0n) is 9.48. The molecule has 0 aliphatic carbocycles. The highest BCUT2D eigenvalue weighted by atomic mass is 16.1. The van der Waals surface area contributed by atoms with Gasteiger partial charge in [0.15, 0.2) is 0 Å². The molecule has 0 atom stereocenters. The average Bonchev–Trinajstić information content (AvgIpc) is 2.33. The number of pyridine rings is 1. The molecule has 0 bridgehead atoms. The molecule has 1 rings (SSSR count). The van der Waals surface area contributed by atoms with E-state index in [0.29, 0.717) is 19.5 Å². The van der Waals surface area contributed by atoms with Gasteiger partial charge in [-0.2, -0.15) is 0 Å². The highest BCUT2D eigenvalue weighted by Gasteiger charge is 1.99. The van der Waals surface area contributed by atoms with Crippen LogP contribution in [-0.4, -0.2) is 24.0 Å². The molecule has 3 N–H and O–H groups in total. The molecule has 0 radical (unpaired) electrons. The largest absolute Gasteiger partial charge is 0.356 e. The van der Waals surface area contributed by atoms with Crippen molar-refractivity contribution < 1.29 is 4.79 Å². The Labute approximate surface area is 96.3 Å². The fourth-order valence-electron chi connectivity index (χ4n) is 1.39. The Morgan fingerprint density at radius 3 is 2.94 bits per heavy atom. The van der Waals surface area contributed by atoms with E-state index in [1.165, 1.54) is 0 Å². The SMILES string of the molecule is NCCCC(=O)NCCCc1ccccn1. The number of carbonyl (C=O) groups excluding carboxylic acids is 1. The molecule has 0 aromatic carbocycles. The summed E-state index contributed by atoms with van der Waals surface area (Å²) in [7, 11) is 0. The third-order valence-electron chi connectivity index (χ3n) is 2.27. The monoisotopic (exact) mass is 221 g/mol. The summed E-state index contributed by atoms with van der Waals surface area (Å²) in [5.74, 6) is 0.0893. The summed E-state index contributed by atoms with van der Waals surface area (Å²) in [6.45, 7) is 1.28. The normalized spacial score (nSPS) is 10.1. The topological polar surface area (TPSA) is 68.0 Å². The van der Waals surface area contributed by atoms with Gasteiger partial charge in [0.1, 0.15) is 0 Å². The lowest BCUT2D eigenvalue weighted by Gasteiger charge is -2.04. The van der Waals surface area contributed by atoms with E-state index >= 15 is 0 Å². The van der Waals surface area contributed by atoms with E-state index in [0.717, 1.165) is 25.0 Å². The van der Waals surface area contributed by atoms with E-state index in [9.17, 15) is 4.79 Å². The predicted molar refractivity (Wildman–Crippen MR) is 63.9 cm³/mol. The summed E-state index contributed by atoms with van der Waals surface area (Å²) in [5, 5.41) is 2.87. The Bertz CT molecular complexity index is 300. The lowest BCUT2D eigenvalue weighted by atomic mass is 10.2. The molecule has 1 aromatic heterocycles. The molecular formula is C12H19N3O. The van der Waals surface area contributed by atoms with E-state index in [2.05, 4.69) is 10.3 Å². The number of nitrogens with one attached hydrogen (secondary N) is 1. The molecule has 0 aliphatic heterocycles. The molecule has 4 heteroatoms. The molecule has 1 heterocycles. The van der Waals surface area contributed by atoms with Gasteiger partial charge in [-0.3, -0.25) is 9.78 Å². The molecule has 4 nitrogen and oxygen atoms in total. The zero-order valence-corrected chi connectivity index (χ0v) is 9.48. The van der Waals surface area contributed by atoms with Gasteiger partial charge in [0.05, 0.1) is 0 Å². The molecule has 0 saturated carbocycles. The standard InChI is InChI=1S/C12H19N3O/c13-8-3-7-12(16)15-10-4-6-11-5-1-2-9-14-11/h1-2,5,9H,3-4,6-8,10,13H2,(H,15,16). The highest BCUT2D eigenvalue weighted by molar-refractivity contribution is 5.75. The summed E-state index contributed by atoms with van der Waals surface area (Å²) in [5.41, 5.74) is 6.39. The predicted octanol–water partition coefficient (Wildman–Crippen LogP) is 0.869. The first kappa shape index (κ1) is 12.6. The van der Waals surface area contributed by atoms with Crippen molar-refractivity contribution in [3.8, 4) is 0 Å². The van der Waals surface area contributed by atoms with Crippen molar-refractivity contribution in [3.63, 3.8) is 0 Å². The van der Waals surface area contributed by atoms with Crippen LogP contribution in [0.3, 0.4) is 0 Å². The van der Waals surface area contributed by atoms with Gasteiger partial charge in [0.2, 0.25) is 5.91 Å². The Kier molecular flexibility index (Phi) is 6.18. The molecule has 88 valence electrons. The number of nitrogens with two attached hydrogens (primary N) is 1. The Morgan fingerprint density at radius 2 is 2.25 bits per heavy atom. The second kappa shape index (κ2) is 7.82. The number of rotatable bonds is 7. The molecule has 16 heavy (non-hydrogen) atoms. The quantitative estimate of drug-likeness (QED) is 0.671. The lowest BCUT2D eigenvalue weighted by Crippen LogP contribution is -2.25. The van der Waals surface area contributed by atoms with Crippen LogP contribution in [0.1, 0.15) is 25.0 Å². The van der Waals surface area contributed by atoms with Crippen molar-refractivity contribution in [2.75, 3.05) is 13.1 Å². The minimum absolute atomic E-state index is 0.0893. The Morgan fingerprint density at radius 1 is 1.38 bits per heavy atom. The Hall–Kier alpha value is -1.42. The average molecular weight is 221 g/mol. The summed E-state index contributed by atoms with van der Waals surface area (Å²) in [6.07, 6.45) is 4.89. The maximum atomic E-state index is 11.2. The van der Waals surface area contributed by atoms with Crippen LogP contribution in [0.15, 0.2) is 24.4 Å². The van der Waals surface area contributed by atoms with Crippen LogP contribution >= 0.6 is 0 Å². The zero-order chi connectivity index (χ0) is 11.6. The van der Waals surface area contributed by atoms with E-state index in [1.54, 1.807) is 6.20 Å². The first-order valence-corrected chi connectivity index (χ1v) is 5.69. The maximum Gasteiger partial charge on any atom is 0.220 e. The molecule has 0 spiro atoms. The first-order valence-electron chi connectivity index (χ1n) is 5.69. The van der Waals surface area contributed by atoms with Gasteiger partial charge in [-0.05, 0) is 37.9 Å². The van der Waals surface area contributed by atoms with Gasteiger partial charge in [0, 0.05) is 24.9 Å². The van der Waals surface area contributed by atoms with E-state index < -0.39 is 0 Å². The fourth-order valence-corrected chi connectivity index (χ4v) is 1.39. The summed E-state index contributed by atoms with van der Waals surface area (Å²) < 4.78 is 0. The molecule has 0 aliphatic rings. The number of carbonyl (C=O) groups is 1. The first-order chi connectivity index (χ1) is 7.83. The lowest BCUT2D eigenvalue weighted by molar-refractivity contribution is -0.121. The molecule has 0 fully saturated rings.